The molecule has 1 amide bonds. The van der Waals surface area contributed by atoms with Crippen molar-refractivity contribution in [3.8, 4) is 5.75 Å². The molecule has 1 heterocycles. The first-order valence-electron chi connectivity index (χ1n) is 7.70. The Balaban J connectivity index is 1.86. The van der Waals surface area contributed by atoms with E-state index in [1.807, 2.05) is 43.3 Å². The Hall–Kier alpha value is -2.44. The van der Waals surface area contributed by atoms with Crippen LogP contribution in [0.4, 0.5) is 5.13 Å². The molecule has 0 unspecified atom stereocenters. The number of hydrogen-bond acceptors (Lipinski definition) is 5. The molecule has 0 bridgehead atoms. The topological polar surface area (TPSA) is 54.8 Å². The van der Waals surface area contributed by atoms with Crippen molar-refractivity contribution < 1.29 is 9.53 Å². The van der Waals surface area contributed by atoms with Gasteiger partial charge in [0.15, 0.2) is 0 Å². The van der Waals surface area contributed by atoms with Crippen molar-refractivity contribution in [2.75, 3.05) is 11.6 Å². The van der Waals surface area contributed by atoms with Crippen LogP contribution >= 0.6 is 22.9 Å². The molecular formula is C18H16ClN3O2S. The number of halogens is 1. The zero-order valence-corrected chi connectivity index (χ0v) is 15.3. The predicted octanol–water partition coefficient (Wildman–Crippen LogP) is 4.74. The Bertz CT molecular complexity index is 922. The van der Waals surface area contributed by atoms with Gasteiger partial charge in [0.2, 0.25) is 11.0 Å². The number of carbonyl (C=O) groups excluding carboxylic acids is 1. The van der Waals surface area contributed by atoms with Gasteiger partial charge >= 0.3 is 0 Å². The molecule has 0 aliphatic heterocycles. The van der Waals surface area contributed by atoms with Crippen molar-refractivity contribution in [1.82, 2.24) is 4.98 Å². The Morgan fingerprint density at radius 3 is 2.76 bits per heavy atom. The quantitative estimate of drug-likeness (QED) is 0.479. The van der Waals surface area contributed by atoms with Gasteiger partial charge in [-0.3, -0.25) is 4.79 Å². The lowest BCUT2D eigenvalue weighted by molar-refractivity contribution is -0.116. The zero-order chi connectivity index (χ0) is 17.8. The first-order chi connectivity index (χ1) is 12.1. The summed E-state index contributed by atoms with van der Waals surface area (Å²) in [4.78, 5) is 16.4. The third-order valence-corrected chi connectivity index (χ3v) is 4.56. The van der Waals surface area contributed by atoms with E-state index in [0.717, 1.165) is 21.5 Å². The molecule has 7 heteroatoms. The van der Waals surface area contributed by atoms with E-state index < -0.39 is 0 Å². The summed E-state index contributed by atoms with van der Waals surface area (Å²) in [6, 6.07) is 12.9. The number of rotatable bonds is 5. The SMILES string of the molecule is CCOc1ccc(/C=N\N(C(C)=O)c2nc3ccc(Cl)cc3s2)cc1. The summed E-state index contributed by atoms with van der Waals surface area (Å²) < 4.78 is 6.32. The molecule has 3 rings (SSSR count). The second-order valence-electron chi connectivity index (χ2n) is 5.19. The Morgan fingerprint density at radius 2 is 2.08 bits per heavy atom. The molecule has 3 aromatic rings. The molecule has 128 valence electrons. The number of hydrogen-bond donors (Lipinski definition) is 0. The maximum absolute atomic E-state index is 12.0. The van der Waals surface area contributed by atoms with E-state index in [1.165, 1.54) is 23.3 Å². The normalized spacial score (nSPS) is 11.2. The average molecular weight is 374 g/mol. The number of ether oxygens (including phenoxy) is 1. The fourth-order valence-corrected chi connectivity index (χ4v) is 3.43. The third kappa shape index (κ3) is 4.15. The minimum Gasteiger partial charge on any atom is -0.494 e. The maximum atomic E-state index is 12.0. The summed E-state index contributed by atoms with van der Waals surface area (Å²) in [5.41, 5.74) is 1.64. The second kappa shape index (κ2) is 7.63. The molecule has 1 aromatic heterocycles. The highest BCUT2D eigenvalue weighted by Gasteiger charge is 2.15. The summed E-state index contributed by atoms with van der Waals surface area (Å²) in [7, 11) is 0. The summed E-state index contributed by atoms with van der Waals surface area (Å²) in [6.07, 6.45) is 1.62. The Morgan fingerprint density at radius 1 is 1.32 bits per heavy atom. The number of nitrogens with zero attached hydrogens (tertiary/aromatic N) is 3. The molecule has 25 heavy (non-hydrogen) atoms. The van der Waals surface area contributed by atoms with Gasteiger partial charge < -0.3 is 4.74 Å². The maximum Gasteiger partial charge on any atom is 0.246 e. The van der Waals surface area contributed by atoms with Crippen LogP contribution in [-0.4, -0.2) is 23.7 Å². The smallest absolute Gasteiger partial charge is 0.246 e. The molecule has 0 atom stereocenters. The van der Waals surface area contributed by atoms with E-state index in [0.29, 0.717) is 16.8 Å². The van der Waals surface area contributed by atoms with E-state index in [-0.39, 0.29) is 5.91 Å². The number of carbonyl (C=O) groups is 1. The lowest BCUT2D eigenvalue weighted by Gasteiger charge is -2.10. The van der Waals surface area contributed by atoms with Gasteiger partial charge in [0, 0.05) is 11.9 Å². The van der Waals surface area contributed by atoms with E-state index in [4.69, 9.17) is 16.3 Å². The lowest BCUT2D eigenvalue weighted by Crippen LogP contribution is -2.22. The van der Waals surface area contributed by atoms with E-state index in [9.17, 15) is 4.79 Å². The Kier molecular flexibility index (Phi) is 5.31. The summed E-state index contributed by atoms with van der Waals surface area (Å²) >= 11 is 7.37. The highest BCUT2D eigenvalue weighted by atomic mass is 35.5. The molecule has 0 fully saturated rings. The minimum absolute atomic E-state index is 0.215. The van der Waals surface area contributed by atoms with Gasteiger partial charge in [-0.2, -0.15) is 10.1 Å². The van der Waals surface area contributed by atoms with Gasteiger partial charge in [0.1, 0.15) is 5.75 Å². The van der Waals surface area contributed by atoms with Crippen LogP contribution in [0.5, 0.6) is 5.75 Å². The van der Waals surface area contributed by atoms with Crippen molar-refractivity contribution in [2.45, 2.75) is 13.8 Å². The van der Waals surface area contributed by atoms with Crippen LogP contribution in [-0.2, 0) is 4.79 Å². The van der Waals surface area contributed by atoms with Crippen LogP contribution in [0, 0.1) is 0 Å². The van der Waals surface area contributed by atoms with Crippen LogP contribution in [0.3, 0.4) is 0 Å². The van der Waals surface area contributed by atoms with Gasteiger partial charge in [-0.15, -0.1) is 0 Å². The first kappa shape index (κ1) is 17.4. The molecular weight excluding hydrogens is 358 g/mol. The monoisotopic (exact) mass is 373 g/mol. The van der Waals surface area contributed by atoms with Crippen LogP contribution < -0.4 is 9.75 Å². The van der Waals surface area contributed by atoms with Crippen LogP contribution in [0.2, 0.25) is 5.02 Å². The fraction of sp³-hybridized carbons (Fsp3) is 0.167. The van der Waals surface area contributed by atoms with Gasteiger partial charge in [0.05, 0.1) is 23.0 Å². The molecule has 0 aliphatic rings. The standard InChI is InChI=1S/C18H16ClN3O2S/c1-3-24-15-7-4-13(5-8-15)11-20-22(12(2)23)18-21-16-9-6-14(19)10-17(16)25-18/h4-11H,3H2,1-2H3/b20-11-. The predicted molar refractivity (Wildman–Crippen MR) is 103 cm³/mol. The van der Waals surface area contributed by atoms with Gasteiger partial charge in [-0.1, -0.05) is 22.9 Å². The van der Waals surface area contributed by atoms with Crippen LogP contribution in [0.25, 0.3) is 10.2 Å². The number of hydrazone groups is 1. The molecule has 0 saturated heterocycles. The fourth-order valence-electron chi connectivity index (χ4n) is 2.18. The molecule has 0 aliphatic carbocycles. The van der Waals surface area contributed by atoms with Gasteiger partial charge in [-0.25, -0.2) is 4.98 Å². The third-order valence-electron chi connectivity index (χ3n) is 3.33. The average Bonchev–Trinajstić information content (AvgIpc) is 2.99. The van der Waals surface area contributed by atoms with E-state index in [1.54, 1.807) is 12.3 Å². The van der Waals surface area contributed by atoms with Crippen LogP contribution in [0.15, 0.2) is 47.6 Å². The van der Waals surface area contributed by atoms with Crippen molar-refractivity contribution >= 4 is 50.4 Å². The summed E-state index contributed by atoms with van der Waals surface area (Å²) in [5.74, 6) is 0.582. The van der Waals surface area contributed by atoms with Crippen molar-refractivity contribution in [3.63, 3.8) is 0 Å². The first-order valence-corrected chi connectivity index (χ1v) is 8.90. The van der Waals surface area contributed by atoms with Crippen molar-refractivity contribution in [3.05, 3.63) is 53.1 Å². The number of aromatic nitrogens is 1. The van der Waals surface area contributed by atoms with Crippen molar-refractivity contribution in [1.29, 1.82) is 0 Å². The Labute approximate surface area is 154 Å². The van der Waals surface area contributed by atoms with E-state index in [2.05, 4.69) is 10.1 Å². The number of fused-ring (bicyclic) bond motifs is 1. The molecule has 5 nitrogen and oxygen atoms in total. The van der Waals surface area contributed by atoms with Gasteiger partial charge in [-0.05, 0) is 55.0 Å². The molecule has 0 N–H and O–H groups in total. The molecule has 0 spiro atoms. The molecule has 0 saturated carbocycles. The summed E-state index contributed by atoms with van der Waals surface area (Å²) in [5, 5.41) is 6.72. The highest BCUT2D eigenvalue weighted by Crippen LogP contribution is 2.31. The number of benzene rings is 2. The lowest BCUT2D eigenvalue weighted by atomic mass is 10.2. The zero-order valence-electron chi connectivity index (χ0n) is 13.8. The largest absolute Gasteiger partial charge is 0.494 e. The number of thiazole rings is 1. The molecule has 2 aromatic carbocycles. The van der Waals surface area contributed by atoms with Crippen molar-refractivity contribution in [2.24, 2.45) is 5.10 Å². The number of anilines is 1. The minimum atomic E-state index is -0.215. The van der Waals surface area contributed by atoms with E-state index >= 15 is 0 Å². The number of amides is 1. The second-order valence-corrected chi connectivity index (χ2v) is 6.63. The van der Waals surface area contributed by atoms with Crippen LogP contribution in [0.1, 0.15) is 19.4 Å². The molecule has 0 radical (unpaired) electrons. The van der Waals surface area contributed by atoms with Gasteiger partial charge in [0.25, 0.3) is 0 Å². The summed E-state index contributed by atoms with van der Waals surface area (Å²) in [6.45, 7) is 4.01. The highest BCUT2D eigenvalue weighted by molar-refractivity contribution is 7.22.